The Morgan fingerprint density at radius 1 is 1.00 bits per heavy atom. The first-order valence-electron chi connectivity index (χ1n) is 7.27. The fraction of sp³-hybridized carbons (Fsp3) is 0.0588. The third kappa shape index (κ3) is 3.53. The lowest BCUT2D eigenvalue weighted by molar-refractivity contribution is -0.139. The zero-order valence-electron chi connectivity index (χ0n) is 12.7. The Morgan fingerprint density at radius 3 is 2.28 bits per heavy atom. The van der Waals surface area contributed by atoms with Gasteiger partial charge in [-0.2, -0.15) is 0 Å². The Hall–Kier alpha value is -2.75. The third-order valence-corrected chi connectivity index (χ3v) is 4.27. The van der Waals surface area contributed by atoms with Crippen LogP contribution >= 0.6 is 22.6 Å². The van der Waals surface area contributed by atoms with Crippen LogP contribution < -0.4 is 15.5 Å². The van der Waals surface area contributed by atoms with Crippen molar-refractivity contribution < 1.29 is 19.2 Å². The molecular formula is C17H12IN3O4. The summed E-state index contributed by atoms with van der Waals surface area (Å²) >= 11 is 2.12. The maximum absolute atomic E-state index is 12.6. The second kappa shape index (κ2) is 7.01. The molecule has 0 radical (unpaired) electrons. The number of rotatable bonds is 3. The molecule has 8 heteroatoms. The van der Waals surface area contributed by atoms with Gasteiger partial charge in [0.15, 0.2) is 5.92 Å². The summed E-state index contributed by atoms with van der Waals surface area (Å²) in [4.78, 5) is 49.9. The van der Waals surface area contributed by atoms with Gasteiger partial charge < -0.3 is 5.32 Å². The van der Waals surface area contributed by atoms with Crippen LogP contribution in [0.2, 0.25) is 0 Å². The molecule has 1 heterocycles. The Bertz CT molecular complexity index is 852. The number of carbonyl (C=O) groups excluding carboxylic acids is 4. The summed E-state index contributed by atoms with van der Waals surface area (Å²) in [7, 11) is 0. The van der Waals surface area contributed by atoms with Gasteiger partial charge in [0, 0.05) is 9.26 Å². The molecule has 3 rings (SSSR count). The summed E-state index contributed by atoms with van der Waals surface area (Å²) in [5.41, 5.74) is 0.735. The van der Waals surface area contributed by atoms with Crippen LogP contribution in [0.5, 0.6) is 0 Å². The van der Waals surface area contributed by atoms with Gasteiger partial charge in [-0.15, -0.1) is 0 Å². The van der Waals surface area contributed by atoms with Crippen LogP contribution in [0.1, 0.15) is 0 Å². The van der Waals surface area contributed by atoms with E-state index in [1.165, 1.54) is 0 Å². The maximum atomic E-state index is 12.6. The Labute approximate surface area is 156 Å². The van der Waals surface area contributed by atoms with E-state index in [1.807, 2.05) is 5.32 Å². The number of para-hydroxylation sites is 1. The molecule has 1 saturated heterocycles. The molecule has 2 N–H and O–H groups in total. The lowest BCUT2D eigenvalue weighted by Crippen LogP contribution is -2.61. The van der Waals surface area contributed by atoms with E-state index in [4.69, 9.17) is 0 Å². The number of imide groups is 2. The molecule has 0 spiro atoms. The Balaban J connectivity index is 1.85. The quantitative estimate of drug-likeness (QED) is 0.555. The summed E-state index contributed by atoms with van der Waals surface area (Å²) in [5.74, 6) is -4.26. The highest BCUT2D eigenvalue weighted by Crippen LogP contribution is 2.21. The molecule has 0 aliphatic carbocycles. The zero-order valence-corrected chi connectivity index (χ0v) is 14.9. The number of hydrogen-bond acceptors (Lipinski definition) is 4. The van der Waals surface area contributed by atoms with Gasteiger partial charge in [0.1, 0.15) is 0 Å². The van der Waals surface area contributed by atoms with E-state index in [2.05, 4.69) is 27.9 Å². The lowest BCUT2D eigenvalue weighted by Gasteiger charge is -2.29. The van der Waals surface area contributed by atoms with E-state index in [0.717, 1.165) is 8.47 Å². The number of nitrogens with one attached hydrogen (secondary N) is 2. The first kappa shape index (κ1) is 17.1. The predicted octanol–water partition coefficient (Wildman–Crippen LogP) is 2.13. The first-order valence-corrected chi connectivity index (χ1v) is 8.35. The number of barbiturate groups is 1. The van der Waals surface area contributed by atoms with Crippen LogP contribution in [0.25, 0.3) is 0 Å². The van der Waals surface area contributed by atoms with E-state index in [9.17, 15) is 19.2 Å². The molecule has 1 aliphatic rings. The topological polar surface area (TPSA) is 95.6 Å². The van der Waals surface area contributed by atoms with E-state index in [-0.39, 0.29) is 5.69 Å². The molecule has 126 valence electrons. The summed E-state index contributed by atoms with van der Waals surface area (Å²) in [5, 5.41) is 4.57. The predicted molar refractivity (Wildman–Crippen MR) is 98.7 cm³/mol. The molecule has 2 aromatic carbocycles. The van der Waals surface area contributed by atoms with E-state index in [1.54, 1.807) is 54.6 Å². The highest BCUT2D eigenvalue weighted by Gasteiger charge is 2.45. The smallest absolute Gasteiger partial charge is 0.325 e. The fourth-order valence-corrected chi connectivity index (χ4v) is 2.73. The minimum Gasteiger partial charge on any atom is -0.325 e. The van der Waals surface area contributed by atoms with Crippen LogP contribution in [-0.4, -0.2) is 23.8 Å². The van der Waals surface area contributed by atoms with Gasteiger partial charge in [-0.1, -0.05) is 18.2 Å². The summed E-state index contributed by atoms with van der Waals surface area (Å²) in [6.07, 6.45) is 0. The van der Waals surface area contributed by atoms with Gasteiger partial charge in [-0.05, 0) is 59.0 Å². The number of benzene rings is 2. The molecular weight excluding hydrogens is 437 g/mol. The van der Waals surface area contributed by atoms with Crippen molar-refractivity contribution in [3.8, 4) is 0 Å². The molecule has 0 aromatic heterocycles. The number of halogens is 1. The molecule has 1 atom stereocenters. The van der Waals surface area contributed by atoms with Gasteiger partial charge in [0.25, 0.3) is 5.91 Å². The average Bonchev–Trinajstić information content (AvgIpc) is 2.57. The Morgan fingerprint density at radius 2 is 1.64 bits per heavy atom. The van der Waals surface area contributed by atoms with Crippen LogP contribution in [0.3, 0.4) is 0 Å². The van der Waals surface area contributed by atoms with E-state index < -0.39 is 29.7 Å². The van der Waals surface area contributed by atoms with Crippen molar-refractivity contribution in [1.29, 1.82) is 0 Å². The molecule has 1 fully saturated rings. The number of carbonyl (C=O) groups is 4. The highest BCUT2D eigenvalue weighted by molar-refractivity contribution is 14.1. The number of urea groups is 1. The van der Waals surface area contributed by atoms with Crippen molar-refractivity contribution >= 4 is 57.7 Å². The molecule has 0 saturated carbocycles. The van der Waals surface area contributed by atoms with Gasteiger partial charge in [0.05, 0.1) is 5.69 Å². The number of amides is 5. The average molecular weight is 449 g/mol. The minimum atomic E-state index is -1.64. The van der Waals surface area contributed by atoms with Crippen molar-refractivity contribution in [2.24, 2.45) is 5.92 Å². The number of nitrogens with zero attached hydrogens (tertiary/aromatic N) is 1. The van der Waals surface area contributed by atoms with Crippen molar-refractivity contribution in [3.05, 3.63) is 58.2 Å². The van der Waals surface area contributed by atoms with E-state index >= 15 is 0 Å². The van der Waals surface area contributed by atoms with Crippen LogP contribution in [-0.2, 0) is 14.4 Å². The molecule has 7 nitrogen and oxygen atoms in total. The molecule has 1 aliphatic heterocycles. The summed E-state index contributed by atoms with van der Waals surface area (Å²) < 4.78 is 0.975. The Kier molecular flexibility index (Phi) is 4.79. The standard InChI is InChI=1S/C17H12IN3O4/c18-10-6-8-11(9-7-10)19-14(22)13-15(23)20-17(25)21(16(13)24)12-4-2-1-3-5-12/h1-9,13H,(H,19,22)(H,20,23,25). The normalized spacial score (nSPS) is 17.2. The highest BCUT2D eigenvalue weighted by atomic mass is 127. The molecule has 5 amide bonds. The lowest BCUT2D eigenvalue weighted by atomic mass is 10.0. The van der Waals surface area contributed by atoms with Gasteiger partial charge in [0.2, 0.25) is 11.8 Å². The first-order chi connectivity index (χ1) is 12.0. The van der Waals surface area contributed by atoms with Gasteiger partial charge in [-0.3, -0.25) is 19.7 Å². The van der Waals surface area contributed by atoms with Crippen LogP contribution in [0.4, 0.5) is 16.2 Å². The van der Waals surface area contributed by atoms with Crippen LogP contribution in [0.15, 0.2) is 54.6 Å². The summed E-state index contributed by atoms with van der Waals surface area (Å²) in [6.45, 7) is 0. The van der Waals surface area contributed by atoms with Crippen molar-refractivity contribution in [2.45, 2.75) is 0 Å². The molecule has 25 heavy (non-hydrogen) atoms. The third-order valence-electron chi connectivity index (χ3n) is 3.55. The monoisotopic (exact) mass is 449 g/mol. The minimum absolute atomic E-state index is 0.282. The van der Waals surface area contributed by atoms with Gasteiger partial charge >= 0.3 is 6.03 Å². The van der Waals surface area contributed by atoms with Gasteiger partial charge in [-0.25, -0.2) is 9.69 Å². The second-order valence-electron chi connectivity index (χ2n) is 5.23. The SMILES string of the molecule is O=C1NC(=O)N(c2ccccc2)C(=O)C1C(=O)Nc1ccc(I)cc1. The zero-order chi connectivity index (χ0) is 18.0. The van der Waals surface area contributed by atoms with Crippen molar-refractivity contribution in [1.82, 2.24) is 5.32 Å². The number of anilines is 2. The number of hydrogen-bond donors (Lipinski definition) is 2. The fourth-order valence-electron chi connectivity index (χ4n) is 2.38. The molecule has 2 aromatic rings. The molecule has 0 bridgehead atoms. The maximum Gasteiger partial charge on any atom is 0.335 e. The summed E-state index contributed by atoms with van der Waals surface area (Å²) in [6, 6.07) is 14.1. The van der Waals surface area contributed by atoms with E-state index in [0.29, 0.717) is 5.69 Å². The van der Waals surface area contributed by atoms with Crippen LogP contribution in [0, 0.1) is 9.49 Å². The molecule has 1 unspecified atom stereocenters. The van der Waals surface area contributed by atoms with Crippen molar-refractivity contribution in [2.75, 3.05) is 10.2 Å². The second-order valence-corrected chi connectivity index (χ2v) is 6.48. The largest absolute Gasteiger partial charge is 0.335 e. The van der Waals surface area contributed by atoms with Crippen molar-refractivity contribution in [3.63, 3.8) is 0 Å².